The molecule has 0 aliphatic rings. The van der Waals surface area contributed by atoms with Crippen LogP contribution < -0.4 is 5.73 Å². The van der Waals surface area contributed by atoms with Crippen molar-refractivity contribution in [2.24, 2.45) is 5.73 Å². The Labute approximate surface area is 87.1 Å². The zero-order chi connectivity index (χ0) is 11.5. The number of rotatable bonds is 3. The van der Waals surface area contributed by atoms with Crippen LogP contribution in [0.4, 0.5) is 13.2 Å². The van der Waals surface area contributed by atoms with Crippen LogP contribution in [-0.2, 0) is 12.6 Å². The van der Waals surface area contributed by atoms with Crippen LogP contribution in [-0.4, -0.2) is 6.04 Å². The molecule has 0 aliphatic carbocycles. The lowest BCUT2D eigenvalue weighted by Crippen LogP contribution is -2.23. The fourth-order valence-corrected chi connectivity index (χ4v) is 1.40. The molecule has 0 heterocycles. The van der Waals surface area contributed by atoms with E-state index < -0.39 is 11.7 Å². The molecule has 84 valence electrons. The zero-order valence-electron chi connectivity index (χ0n) is 8.51. The van der Waals surface area contributed by atoms with Crippen LogP contribution in [0.3, 0.4) is 0 Å². The topological polar surface area (TPSA) is 26.0 Å². The number of nitrogens with two attached hydrogens (primary N) is 1. The zero-order valence-corrected chi connectivity index (χ0v) is 8.51. The molecule has 2 N–H and O–H groups in total. The Bertz CT molecular complexity index is 320. The van der Waals surface area contributed by atoms with Gasteiger partial charge in [-0.15, -0.1) is 0 Å². The normalized spacial score (nSPS) is 13.9. The molecule has 0 radical (unpaired) electrons. The van der Waals surface area contributed by atoms with Gasteiger partial charge < -0.3 is 5.73 Å². The van der Waals surface area contributed by atoms with Gasteiger partial charge in [-0.1, -0.05) is 25.1 Å². The Morgan fingerprint density at radius 3 is 2.40 bits per heavy atom. The van der Waals surface area contributed by atoms with E-state index in [-0.39, 0.29) is 18.0 Å². The van der Waals surface area contributed by atoms with Crippen molar-refractivity contribution < 1.29 is 13.2 Å². The first-order chi connectivity index (χ1) is 6.95. The first-order valence-corrected chi connectivity index (χ1v) is 4.85. The maximum Gasteiger partial charge on any atom is 0.416 e. The number of alkyl halides is 3. The van der Waals surface area contributed by atoms with Gasteiger partial charge in [0.15, 0.2) is 0 Å². The van der Waals surface area contributed by atoms with Gasteiger partial charge >= 0.3 is 6.18 Å². The highest BCUT2D eigenvalue weighted by Crippen LogP contribution is 2.32. The van der Waals surface area contributed by atoms with Gasteiger partial charge in [0, 0.05) is 6.04 Å². The van der Waals surface area contributed by atoms with Crippen molar-refractivity contribution in [2.75, 3.05) is 0 Å². The standard InChI is InChI=1S/C11H14F3N/c1-2-9(15)7-8-5-3-4-6-10(8)11(12,13)14/h3-6,9H,2,7,15H2,1H3/t9-/m0/s1. The highest BCUT2D eigenvalue weighted by molar-refractivity contribution is 5.30. The number of hydrogen-bond donors (Lipinski definition) is 1. The van der Waals surface area contributed by atoms with Crippen LogP contribution in [0.15, 0.2) is 24.3 Å². The van der Waals surface area contributed by atoms with Gasteiger partial charge in [0.1, 0.15) is 0 Å². The molecule has 0 fully saturated rings. The van der Waals surface area contributed by atoms with Crippen molar-refractivity contribution in [3.8, 4) is 0 Å². The summed E-state index contributed by atoms with van der Waals surface area (Å²) in [6.45, 7) is 1.86. The van der Waals surface area contributed by atoms with E-state index in [1.165, 1.54) is 12.1 Å². The smallest absolute Gasteiger partial charge is 0.327 e. The maximum absolute atomic E-state index is 12.6. The van der Waals surface area contributed by atoms with Crippen molar-refractivity contribution in [3.05, 3.63) is 35.4 Å². The molecule has 0 spiro atoms. The Morgan fingerprint density at radius 1 is 1.27 bits per heavy atom. The summed E-state index contributed by atoms with van der Waals surface area (Å²) in [7, 11) is 0. The predicted octanol–water partition coefficient (Wildman–Crippen LogP) is 2.99. The van der Waals surface area contributed by atoms with Gasteiger partial charge in [-0.05, 0) is 24.5 Å². The average molecular weight is 217 g/mol. The van der Waals surface area contributed by atoms with Crippen LogP contribution in [0.25, 0.3) is 0 Å². The molecule has 0 unspecified atom stereocenters. The molecule has 1 atom stereocenters. The fraction of sp³-hybridized carbons (Fsp3) is 0.455. The average Bonchev–Trinajstić information content (AvgIpc) is 2.17. The molecule has 1 aromatic carbocycles. The largest absolute Gasteiger partial charge is 0.416 e. The Hall–Kier alpha value is -1.03. The lowest BCUT2D eigenvalue weighted by molar-refractivity contribution is -0.138. The first-order valence-electron chi connectivity index (χ1n) is 4.85. The molecule has 15 heavy (non-hydrogen) atoms. The number of benzene rings is 1. The molecule has 0 aromatic heterocycles. The van der Waals surface area contributed by atoms with Gasteiger partial charge in [0.05, 0.1) is 5.56 Å². The molecule has 0 aliphatic heterocycles. The molecule has 0 saturated heterocycles. The predicted molar refractivity (Wildman–Crippen MR) is 53.4 cm³/mol. The van der Waals surface area contributed by atoms with Crippen molar-refractivity contribution in [3.63, 3.8) is 0 Å². The summed E-state index contributed by atoms with van der Waals surface area (Å²) < 4.78 is 37.7. The van der Waals surface area contributed by atoms with E-state index in [2.05, 4.69) is 0 Å². The number of halogens is 3. The van der Waals surface area contributed by atoms with Crippen molar-refractivity contribution in [1.82, 2.24) is 0 Å². The van der Waals surface area contributed by atoms with E-state index in [4.69, 9.17) is 5.73 Å². The lowest BCUT2D eigenvalue weighted by Gasteiger charge is -2.15. The van der Waals surface area contributed by atoms with Crippen molar-refractivity contribution in [2.45, 2.75) is 32.0 Å². The van der Waals surface area contributed by atoms with Crippen LogP contribution in [0, 0.1) is 0 Å². The van der Waals surface area contributed by atoms with Gasteiger partial charge in [0.2, 0.25) is 0 Å². The van der Waals surface area contributed by atoms with Crippen LogP contribution in [0.2, 0.25) is 0 Å². The van der Waals surface area contributed by atoms with Crippen LogP contribution in [0.5, 0.6) is 0 Å². The molecule has 1 aromatic rings. The highest BCUT2D eigenvalue weighted by Gasteiger charge is 2.32. The molecule has 4 heteroatoms. The molecule has 0 amide bonds. The first kappa shape index (κ1) is 12.0. The van der Waals surface area contributed by atoms with Gasteiger partial charge in [0.25, 0.3) is 0 Å². The summed E-state index contributed by atoms with van der Waals surface area (Å²) in [5.74, 6) is 0. The Morgan fingerprint density at radius 2 is 1.87 bits per heavy atom. The minimum atomic E-state index is -4.29. The molecule has 1 rings (SSSR count). The second-order valence-corrected chi connectivity index (χ2v) is 3.53. The van der Waals surface area contributed by atoms with Gasteiger partial charge in [-0.3, -0.25) is 0 Å². The summed E-state index contributed by atoms with van der Waals surface area (Å²) in [4.78, 5) is 0. The molecule has 0 saturated carbocycles. The quantitative estimate of drug-likeness (QED) is 0.827. The second kappa shape index (κ2) is 4.66. The van der Waals surface area contributed by atoms with E-state index >= 15 is 0 Å². The van der Waals surface area contributed by atoms with Crippen LogP contribution in [0.1, 0.15) is 24.5 Å². The summed E-state index contributed by atoms with van der Waals surface area (Å²) >= 11 is 0. The molecular formula is C11H14F3N. The van der Waals surface area contributed by atoms with E-state index in [1.54, 1.807) is 6.07 Å². The van der Waals surface area contributed by atoms with E-state index in [9.17, 15) is 13.2 Å². The number of hydrogen-bond acceptors (Lipinski definition) is 1. The lowest BCUT2D eigenvalue weighted by atomic mass is 9.99. The summed E-state index contributed by atoms with van der Waals surface area (Å²) in [5.41, 5.74) is 5.35. The second-order valence-electron chi connectivity index (χ2n) is 3.53. The maximum atomic E-state index is 12.6. The Kier molecular flexibility index (Phi) is 3.74. The minimum absolute atomic E-state index is 0.214. The van der Waals surface area contributed by atoms with Crippen molar-refractivity contribution in [1.29, 1.82) is 0 Å². The summed E-state index contributed by atoms with van der Waals surface area (Å²) in [6.07, 6.45) is -3.34. The minimum Gasteiger partial charge on any atom is -0.327 e. The van der Waals surface area contributed by atoms with Gasteiger partial charge in [-0.25, -0.2) is 0 Å². The molecule has 1 nitrogen and oxygen atoms in total. The third-order valence-corrected chi connectivity index (χ3v) is 2.33. The monoisotopic (exact) mass is 217 g/mol. The molecule has 0 bridgehead atoms. The molecular weight excluding hydrogens is 203 g/mol. The summed E-state index contributed by atoms with van der Waals surface area (Å²) in [5, 5.41) is 0. The van der Waals surface area contributed by atoms with Gasteiger partial charge in [-0.2, -0.15) is 13.2 Å². The Balaban J connectivity index is 2.97. The highest BCUT2D eigenvalue weighted by atomic mass is 19.4. The SMILES string of the molecule is CC[C@H](N)Cc1ccccc1C(F)(F)F. The third-order valence-electron chi connectivity index (χ3n) is 2.33. The van der Waals surface area contributed by atoms with E-state index in [0.29, 0.717) is 6.42 Å². The van der Waals surface area contributed by atoms with Crippen molar-refractivity contribution >= 4 is 0 Å². The van der Waals surface area contributed by atoms with Crippen LogP contribution >= 0.6 is 0 Å². The van der Waals surface area contributed by atoms with E-state index in [0.717, 1.165) is 6.07 Å². The van der Waals surface area contributed by atoms with E-state index in [1.807, 2.05) is 6.92 Å². The fourth-order valence-electron chi connectivity index (χ4n) is 1.40. The summed E-state index contributed by atoms with van der Waals surface area (Å²) in [6, 6.07) is 5.36. The third kappa shape index (κ3) is 3.23.